The Morgan fingerprint density at radius 1 is 1.10 bits per heavy atom. The molecular formula is C41H53F2N7O9S. The Morgan fingerprint density at radius 3 is 2.48 bits per heavy atom. The van der Waals surface area contributed by atoms with E-state index in [9.17, 15) is 41.6 Å². The number of hydrogen-bond donors (Lipinski definition) is 3. The van der Waals surface area contributed by atoms with Crippen LogP contribution in [0.5, 0.6) is 11.6 Å². The molecule has 19 heteroatoms. The minimum Gasteiger partial charge on any atom is -0.497 e. The smallest absolute Gasteiger partial charge is 0.408 e. The van der Waals surface area contributed by atoms with E-state index < -0.39 is 92.4 Å². The summed E-state index contributed by atoms with van der Waals surface area (Å²) in [5.41, 5.74) is -1.77. The van der Waals surface area contributed by atoms with Gasteiger partial charge in [0.1, 0.15) is 41.3 Å². The quantitative estimate of drug-likeness (QED) is 0.339. The number of halogens is 2. The molecule has 8 atom stereocenters. The molecule has 326 valence electrons. The van der Waals surface area contributed by atoms with E-state index in [1.807, 2.05) is 4.72 Å². The van der Waals surface area contributed by atoms with Crippen LogP contribution in [-0.4, -0.2) is 102 Å². The summed E-state index contributed by atoms with van der Waals surface area (Å²) in [5, 5.41) is 15.3. The minimum absolute atomic E-state index is 0.111. The number of aromatic nitrogens is 2. The second kappa shape index (κ2) is 16.2. The van der Waals surface area contributed by atoms with Gasteiger partial charge in [-0.1, -0.05) is 40.0 Å². The Kier molecular flexibility index (Phi) is 11.7. The van der Waals surface area contributed by atoms with Gasteiger partial charge < -0.3 is 29.7 Å². The molecule has 2 bridgehead atoms. The summed E-state index contributed by atoms with van der Waals surface area (Å²) in [7, 11) is -2.78. The molecule has 3 N–H and O–H groups in total. The van der Waals surface area contributed by atoms with Crippen LogP contribution in [0.15, 0.2) is 18.2 Å². The van der Waals surface area contributed by atoms with Crippen molar-refractivity contribution in [2.75, 3.05) is 13.7 Å². The Morgan fingerprint density at radius 2 is 1.83 bits per heavy atom. The van der Waals surface area contributed by atoms with Crippen molar-refractivity contribution in [1.29, 1.82) is 5.26 Å². The molecule has 3 heterocycles. The van der Waals surface area contributed by atoms with Gasteiger partial charge in [0.2, 0.25) is 34.1 Å². The van der Waals surface area contributed by atoms with Crippen LogP contribution in [-0.2, 0) is 35.6 Å². The highest BCUT2D eigenvalue weighted by molar-refractivity contribution is 7.91. The number of nitrogens with zero attached hydrogens (tertiary/aromatic N) is 4. The van der Waals surface area contributed by atoms with Crippen molar-refractivity contribution in [3.8, 4) is 17.7 Å². The zero-order chi connectivity index (χ0) is 43.4. The number of ether oxygens (including phenoxy) is 3. The number of carbonyl (C=O) groups excluding carboxylic acids is 4. The topological polar surface area (TPSA) is 219 Å². The zero-order valence-electron chi connectivity index (χ0n) is 34.5. The molecule has 2 aromatic rings. The lowest BCUT2D eigenvalue weighted by Gasteiger charge is -2.36. The number of alkyl halides is 2. The number of nitriles is 1. The van der Waals surface area contributed by atoms with Gasteiger partial charge in [0.15, 0.2) is 0 Å². The maximum absolute atomic E-state index is 14.9. The maximum Gasteiger partial charge on any atom is 0.408 e. The van der Waals surface area contributed by atoms with E-state index in [0.717, 1.165) is 37.0 Å². The van der Waals surface area contributed by atoms with Crippen molar-refractivity contribution in [2.24, 2.45) is 23.2 Å². The molecule has 2 aliphatic heterocycles. The number of methoxy groups -OCH3 is 1. The summed E-state index contributed by atoms with van der Waals surface area (Å²) in [6.07, 6.45) is -0.256. The van der Waals surface area contributed by atoms with Gasteiger partial charge in [0.05, 0.1) is 41.4 Å². The number of carbonyl (C=O) groups is 4. The largest absolute Gasteiger partial charge is 0.497 e. The molecule has 4 amide bonds. The van der Waals surface area contributed by atoms with Crippen molar-refractivity contribution < 1.29 is 50.6 Å². The molecule has 0 spiro atoms. The summed E-state index contributed by atoms with van der Waals surface area (Å²) in [5.74, 6) is -5.19. The van der Waals surface area contributed by atoms with Crippen LogP contribution in [0.2, 0.25) is 0 Å². The lowest BCUT2D eigenvalue weighted by atomic mass is 9.85. The first-order valence-electron chi connectivity index (χ1n) is 20.6. The zero-order valence-corrected chi connectivity index (χ0v) is 35.3. The molecule has 0 radical (unpaired) electrons. The van der Waals surface area contributed by atoms with E-state index in [1.54, 1.807) is 39.0 Å². The summed E-state index contributed by atoms with van der Waals surface area (Å²) in [4.78, 5) is 67.5. The SMILES string of the molecule is COc1ccc2nc3c(nc2c1)O[C@H]1CN(C(=O)[C@H](C(C)(C)C)NC(=O)O[C@@H]2C[C@H]2CCCCCC3)[C@H](C(=O)N[C@]2(C(=O)NS(=O)(=O)C3(C)CC3)C[C@H]2C(F)F)[C@@H]1CC#N. The minimum atomic E-state index is -4.29. The van der Waals surface area contributed by atoms with E-state index in [-0.39, 0.29) is 43.7 Å². The number of sulfonamides is 1. The lowest BCUT2D eigenvalue weighted by Crippen LogP contribution is -2.61. The van der Waals surface area contributed by atoms with Crippen molar-refractivity contribution in [1.82, 2.24) is 30.2 Å². The van der Waals surface area contributed by atoms with E-state index in [0.29, 0.717) is 35.3 Å². The van der Waals surface area contributed by atoms with E-state index in [1.165, 1.54) is 14.0 Å². The van der Waals surface area contributed by atoms with Gasteiger partial charge in [-0.05, 0) is 75.3 Å². The first kappa shape index (κ1) is 43.2. The van der Waals surface area contributed by atoms with Gasteiger partial charge in [0.25, 0.3) is 5.91 Å². The summed E-state index contributed by atoms with van der Waals surface area (Å²) >= 11 is 0. The summed E-state index contributed by atoms with van der Waals surface area (Å²) in [6, 6.07) is 4.37. The number of alkyl carbamates (subject to hydrolysis) is 1. The van der Waals surface area contributed by atoms with E-state index >= 15 is 0 Å². The standard InChI is InChI=1S/C41H53F2N7O9S/c1-39(2,3)32-36(52)50-21-30(24(14-17-44)31(50)34(51)48-41(20-25(41)33(42)43)37(53)49-60(55,56)40(4)15-16-40)58-35-27(45-26-13-12-23(57-5)19-28(26)46-35)11-9-7-6-8-10-22-18-29(22)59-38(54)47-32/h12-13,19,22,24-25,29-33H,6-11,14-16,18,20-21H2,1-5H3,(H,47,54)(H,48,51)(H,49,53)/t22-,24-,25+,29-,30+,31+,32-,41-/m1/s1. The first-order chi connectivity index (χ1) is 28.3. The number of hydrogen-bond acceptors (Lipinski definition) is 12. The molecule has 60 heavy (non-hydrogen) atoms. The van der Waals surface area contributed by atoms with Crippen LogP contribution in [0.1, 0.15) is 97.6 Å². The average Bonchev–Trinajstić information content (AvgIpc) is 4.13. The Hall–Kier alpha value is -4.86. The molecule has 0 unspecified atom stereocenters. The average molecular weight is 858 g/mol. The number of amides is 4. The number of fused-ring (bicyclic) bond motifs is 5. The van der Waals surface area contributed by atoms with E-state index in [2.05, 4.69) is 16.7 Å². The second-order valence-electron chi connectivity index (χ2n) is 18.3. The van der Waals surface area contributed by atoms with Gasteiger partial charge in [-0.3, -0.25) is 19.1 Å². The Bertz CT molecular complexity index is 2190. The maximum atomic E-state index is 14.9. The molecule has 5 aliphatic rings. The number of aryl methyl sites for hydroxylation is 1. The highest BCUT2D eigenvalue weighted by atomic mass is 32.2. The van der Waals surface area contributed by atoms with Crippen LogP contribution in [0.3, 0.4) is 0 Å². The van der Waals surface area contributed by atoms with Gasteiger partial charge in [-0.25, -0.2) is 32.0 Å². The van der Waals surface area contributed by atoms with Gasteiger partial charge in [0, 0.05) is 18.4 Å². The second-order valence-corrected chi connectivity index (χ2v) is 20.5. The van der Waals surface area contributed by atoms with E-state index in [4.69, 9.17) is 24.2 Å². The Balaban J connectivity index is 1.28. The molecule has 3 aliphatic carbocycles. The van der Waals surface area contributed by atoms with Crippen LogP contribution < -0.4 is 24.8 Å². The van der Waals surface area contributed by atoms with Crippen molar-refractivity contribution in [3.63, 3.8) is 0 Å². The predicted molar refractivity (Wildman–Crippen MR) is 211 cm³/mol. The molecule has 1 aromatic heterocycles. The fourth-order valence-corrected chi connectivity index (χ4v) is 9.76. The third-order valence-electron chi connectivity index (χ3n) is 12.8. The highest BCUT2D eigenvalue weighted by Crippen LogP contribution is 2.50. The highest BCUT2D eigenvalue weighted by Gasteiger charge is 2.68. The molecule has 7 rings (SSSR count). The number of rotatable bonds is 8. The summed E-state index contributed by atoms with van der Waals surface area (Å²) < 4.78 is 73.4. The van der Waals surface area contributed by atoms with Crippen LogP contribution >= 0.6 is 0 Å². The monoisotopic (exact) mass is 857 g/mol. The fourth-order valence-electron chi connectivity index (χ4n) is 8.45. The normalized spacial score (nSPS) is 30.4. The molecule has 16 nitrogen and oxygen atoms in total. The van der Waals surface area contributed by atoms with Crippen molar-refractivity contribution in [2.45, 2.75) is 139 Å². The van der Waals surface area contributed by atoms with Gasteiger partial charge in [-0.15, -0.1) is 0 Å². The summed E-state index contributed by atoms with van der Waals surface area (Å²) in [6.45, 7) is 6.23. The third-order valence-corrected chi connectivity index (χ3v) is 14.9. The van der Waals surface area contributed by atoms with Crippen molar-refractivity contribution in [3.05, 3.63) is 23.9 Å². The van der Waals surface area contributed by atoms with Crippen molar-refractivity contribution >= 4 is 44.9 Å². The predicted octanol–water partition coefficient (Wildman–Crippen LogP) is 4.30. The van der Waals surface area contributed by atoms with Crippen LogP contribution in [0, 0.1) is 34.5 Å². The van der Waals surface area contributed by atoms with Gasteiger partial charge in [-0.2, -0.15) is 5.26 Å². The van der Waals surface area contributed by atoms with Gasteiger partial charge >= 0.3 is 6.09 Å². The third kappa shape index (κ3) is 8.66. The molecular weight excluding hydrogens is 805 g/mol. The van der Waals surface area contributed by atoms with Crippen LogP contribution in [0.25, 0.3) is 11.0 Å². The first-order valence-corrected chi connectivity index (χ1v) is 22.1. The lowest BCUT2D eigenvalue weighted by molar-refractivity contribution is -0.143. The number of benzene rings is 1. The molecule has 1 aromatic carbocycles. The molecule has 4 fully saturated rings. The molecule has 1 saturated heterocycles. The fraction of sp³-hybridized carbons (Fsp3) is 0.683. The Labute approximate surface area is 347 Å². The number of nitrogens with one attached hydrogen (secondary N) is 3. The molecule has 3 saturated carbocycles. The van der Waals surface area contributed by atoms with Crippen LogP contribution in [0.4, 0.5) is 13.6 Å².